The predicted octanol–water partition coefficient (Wildman–Crippen LogP) is 5.88. The number of aryl methyl sites for hydroxylation is 1. The van der Waals surface area contributed by atoms with Gasteiger partial charge >= 0.3 is 0 Å². The molecule has 0 spiro atoms. The van der Waals surface area contributed by atoms with Gasteiger partial charge in [0.1, 0.15) is 0 Å². The number of carbonyl (C=O) groups excluding carboxylic acids is 1. The van der Waals surface area contributed by atoms with E-state index in [9.17, 15) is 13.2 Å². The number of nitrogens with one attached hydrogen (secondary N) is 2. The highest BCUT2D eigenvalue weighted by Gasteiger charge is 2.25. The summed E-state index contributed by atoms with van der Waals surface area (Å²) in [6.07, 6.45) is 2.76. The number of carbonyl (C=O) groups is 1. The Bertz CT molecular complexity index is 1300. The standard InChI is InChI=1S/C31H39N3O3S/c1-23(2)31(35)32-28-11-7-10-27(22-28)25-16-19-34(20-17-25)21-18-30(26-8-5-4-6-9-26)33-38(36,37)29-14-12-24(3)13-15-29/h4-15,22-23,25,30,33H,16-21H2,1-3H3,(H,32,35)/t30-/m0/s1. The van der Waals surface area contributed by atoms with E-state index in [1.807, 2.05) is 75.4 Å². The molecule has 0 bridgehead atoms. The monoisotopic (exact) mass is 533 g/mol. The lowest BCUT2D eigenvalue weighted by Gasteiger charge is -2.33. The number of sulfonamides is 1. The van der Waals surface area contributed by atoms with Crippen molar-refractivity contribution in [3.05, 3.63) is 95.6 Å². The maximum Gasteiger partial charge on any atom is 0.241 e. The summed E-state index contributed by atoms with van der Waals surface area (Å²) in [6.45, 7) is 8.46. The highest BCUT2D eigenvalue weighted by molar-refractivity contribution is 7.89. The number of anilines is 1. The molecule has 7 heteroatoms. The Hall–Kier alpha value is -3.00. The third-order valence-electron chi connectivity index (χ3n) is 7.30. The Labute approximate surface area is 227 Å². The van der Waals surface area contributed by atoms with Crippen LogP contribution in [0.15, 0.2) is 83.8 Å². The lowest BCUT2D eigenvalue weighted by atomic mass is 9.89. The van der Waals surface area contributed by atoms with Gasteiger partial charge < -0.3 is 10.2 Å². The number of piperidine rings is 1. The Morgan fingerprint density at radius 1 is 0.947 bits per heavy atom. The van der Waals surface area contributed by atoms with Crippen molar-refractivity contribution >= 4 is 21.6 Å². The molecule has 202 valence electrons. The number of likely N-dealkylation sites (tertiary alicyclic amines) is 1. The van der Waals surface area contributed by atoms with Gasteiger partial charge in [-0.3, -0.25) is 4.79 Å². The summed E-state index contributed by atoms with van der Waals surface area (Å²) in [6, 6.07) is 24.7. The van der Waals surface area contributed by atoms with Crippen molar-refractivity contribution in [1.82, 2.24) is 9.62 Å². The molecule has 1 fully saturated rings. The normalized spacial score (nSPS) is 15.9. The number of hydrogen-bond donors (Lipinski definition) is 2. The zero-order chi connectivity index (χ0) is 27.1. The summed E-state index contributed by atoms with van der Waals surface area (Å²) in [4.78, 5) is 14.8. The number of nitrogens with zero attached hydrogens (tertiary/aromatic N) is 1. The second-order valence-corrected chi connectivity index (χ2v) is 12.3. The van der Waals surface area contributed by atoms with Crippen LogP contribution in [0.2, 0.25) is 0 Å². The van der Waals surface area contributed by atoms with Crippen LogP contribution in [0.25, 0.3) is 0 Å². The second-order valence-electron chi connectivity index (χ2n) is 10.6. The van der Waals surface area contributed by atoms with Crippen LogP contribution in [0.4, 0.5) is 5.69 Å². The van der Waals surface area contributed by atoms with Gasteiger partial charge in [-0.05, 0) is 87.1 Å². The molecule has 1 atom stereocenters. The van der Waals surface area contributed by atoms with Gasteiger partial charge in [0.25, 0.3) is 0 Å². The molecule has 4 rings (SSSR count). The van der Waals surface area contributed by atoms with Crippen LogP contribution in [0.3, 0.4) is 0 Å². The number of benzene rings is 3. The first kappa shape index (κ1) is 28.0. The Balaban J connectivity index is 1.36. The fraction of sp³-hybridized carbons (Fsp3) is 0.387. The van der Waals surface area contributed by atoms with E-state index in [2.05, 4.69) is 27.1 Å². The van der Waals surface area contributed by atoms with Crippen molar-refractivity contribution in [2.24, 2.45) is 5.92 Å². The summed E-state index contributed by atoms with van der Waals surface area (Å²) in [7, 11) is -3.64. The van der Waals surface area contributed by atoms with Crippen LogP contribution in [0.1, 0.15) is 61.8 Å². The van der Waals surface area contributed by atoms with Crippen LogP contribution in [0, 0.1) is 12.8 Å². The molecule has 1 heterocycles. The first-order valence-corrected chi connectivity index (χ1v) is 15.0. The van der Waals surface area contributed by atoms with E-state index in [-0.39, 0.29) is 22.8 Å². The van der Waals surface area contributed by atoms with E-state index in [1.54, 1.807) is 12.1 Å². The first-order chi connectivity index (χ1) is 18.2. The molecule has 1 amide bonds. The third kappa shape index (κ3) is 7.53. The van der Waals surface area contributed by atoms with Gasteiger partial charge in [0, 0.05) is 17.6 Å². The van der Waals surface area contributed by atoms with E-state index in [1.165, 1.54) is 5.56 Å². The zero-order valence-corrected chi connectivity index (χ0v) is 23.4. The van der Waals surface area contributed by atoms with Crippen LogP contribution in [-0.4, -0.2) is 38.9 Å². The molecule has 2 N–H and O–H groups in total. The fourth-order valence-corrected chi connectivity index (χ4v) is 6.17. The van der Waals surface area contributed by atoms with Gasteiger partial charge in [-0.2, -0.15) is 0 Å². The van der Waals surface area contributed by atoms with Gasteiger partial charge in [0.05, 0.1) is 4.90 Å². The second kappa shape index (κ2) is 12.7. The lowest BCUT2D eigenvalue weighted by Crippen LogP contribution is -2.36. The molecule has 6 nitrogen and oxygen atoms in total. The molecule has 1 aliphatic rings. The van der Waals surface area contributed by atoms with E-state index >= 15 is 0 Å². The molecule has 0 aromatic heterocycles. The van der Waals surface area contributed by atoms with Gasteiger partial charge in [-0.15, -0.1) is 0 Å². The minimum Gasteiger partial charge on any atom is -0.326 e. The average Bonchev–Trinajstić information content (AvgIpc) is 2.92. The van der Waals surface area contributed by atoms with Crippen molar-refractivity contribution in [2.75, 3.05) is 25.0 Å². The van der Waals surface area contributed by atoms with Crippen molar-refractivity contribution in [1.29, 1.82) is 0 Å². The molecule has 0 radical (unpaired) electrons. The summed E-state index contributed by atoms with van der Waals surface area (Å²) in [5.74, 6) is 0.429. The Morgan fingerprint density at radius 3 is 2.29 bits per heavy atom. The summed E-state index contributed by atoms with van der Waals surface area (Å²) in [5, 5.41) is 3.01. The van der Waals surface area contributed by atoms with Gasteiger partial charge in [0.2, 0.25) is 15.9 Å². The topological polar surface area (TPSA) is 78.5 Å². The largest absolute Gasteiger partial charge is 0.326 e. The first-order valence-electron chi connectivity index (χ1n) is 13.5. The SMILES string of the molecule is Cc1ccc(S(=O)(=O)N[C@@H](CCN2CCC(c3cccc(NC(=O)C(C)C)c3)CC2)c2ccccc2)cc1. The van der Waals surface area contributed by atoms with Crippen LogP contribution < -0.4 is 10.0 Å². The third-order valence-corrected chi connectivity index (χ3v) is 8.79. The Kier molecular flexibility index (Phi) is 9.36. The molecule has 0 aliphatic carbocycles. The quantitative estimate of drug-likeness (QED) is 0.341. The average molecular weight is 534 g/mol. The molecule has 38 heavy (non-hydrogen) atoms. The van der Waals surface area contributed by atoms with Crippen LogP contribution in [0.5, 0.6) is 0 Å². The summed E-state index contributed by atoms with van der Waals surface area (Å²) < 4.78 is 29.3. The van der Waals surface area contributed by atoms with Gasteiger partial charge in [0.15, 0.2) is 0 Å². The maximum atomic E-state index is 13.2. The number of hydrogen-bond acceptors (Lipinski definition) is 4. The maximum absolute atomic E-state index is 13.2. The number of rotatable bonds is 10. The molecule has 1 saturated heterocycles. The van der Waals surface area contributed by atoms with E-state index < -0.39 is 10.0 Å². The molecular formula is C31H39N3O3S. The van der Waals surface area contributed by atoms with Gasteiger partial charge in [-0.1, -0.05) is 74.0 Å². The number of amides is 1. The summed E-state index contributed by atoms with van der Waals surface area (Å²) in [5.41, 5.74) is 4.12. The minimum atomic E-state index is -3.64. The van der Waals surface area contributed by atoms with Crippen LogP contribution in [-0.2, 0) is 14.8 Å². The molecule has 0 saturated carbocycles. The highest BCUT2D eigenvalue weighted by atomic mass is 32.2. The minimum absolute atomic E-state index is 0.0305. The van der Waals surface area contributed by atoms with E-state index in [0.29, 0.717) is 12.3 Å². The predicted molar refractivity (Wildman–Crippen MR) is 154 cm³/mol. The smallest absolute Gasteiger partial charge is 0.241 e. The van der Waals surface area contributed by atoms with Crippen LogP contribution >= 0.6 is 0 Å². The zero-order valence-electron chi connectivity index (χ0n) is 22.6. The van der Waals surface area contributed by atoms with Crippen molar-refractivity contribution in [3.8, 4) is 0 Å². The Morgan fingerprint density at radius 2 is 1.63 bits per heavy atom. The molecule has 3 aromatic rings. The van der Waals surface area contributed by atoms with Crippen molar-refractivity contribution in [3.63, 3.8) is 0 Å². The van der Waals surface area contributed by atoms with Crippen molar-refractivity contribution < 1.29 is 13.2 Å². The van der Waals surface area contributed by atoms with Gasteiger partial charge in [-0.25, -0.2) is 13.1 Å². The van der Waals surface area contributed by atoms with E-state index in [4.69, 9.17) is 0 Å². The molecular weight excluding hydrogens is 494 g/mol. The summed E-state index contributed by atoms with van der Waals surface area (Å²) >= 11 is 0. The lowest BCUT2D eigenvalue weighted by molar-refractivity contribution is -0.118. The van der Waals surface area contributed by atoms with Crippen molar-refractivity contribution in [2.45, 2.75) is 56.9 Å². The molecule has 1 aliphatic heterocycles. The highest BCUT2D eigenvalue weighted by Crippen LogP contribution is 2.30. The molecule has 3 aromatic carbocycles. The fourth-order valence-electron chi connectivity index (χ4n) is 4.91. The molecule has 0 unspecified atom stereocenters. The van der Waals surface area contributed by atoms with E-state index in [0.717, 1.165) is 49.3 Å².